The second kappa shape index (κ2) is 4.69. The van der Waals surface area contributed by atoms with E-state index in [-0.39, 0.29) is 23.6 Å². The summed E-state index contributed by atoms with van der Waals surface area (Å²) in [7, 11) is 0. The van der Waals surface area contributed by atoms with E-state index in [0.29, 0.717) is 26.3 Å². The van der Waals surface area contributed by atoms with E-state index in [1.165, 1.54) is 12.1 Å². The van der Waals surface area contributed by atoms with Crippen LogP contribution in [-0.4, -0.2) is 37.1 Å². The summed E-state index contributed by atoms with van der Waals surface area (Å²) in [6.45, 7) is 2.68. The fourth-order valence-electron chi connectivity index (χ4n) is 2.56. The van der Waals surface area contributed by atoms with Crippen LogP contribution in [0.1, 0.15) is 17.9 Å². The van der Waals surface area contributed by atoms with Crippen molar-refractivity contribution >= 4 is 5.91 Å². The third-order valence-corrected chi connectivity index (χ3v) is 3.73. The van der Waals surface area contributed by atoms with E-state index >= 15 is 0 Å². The summed E-state index contributed by atoms with van der Waals surface area (Å²) in [4.78, 5) is 14.1. The molecule has 1 aromatic rings. The second-order valence-electron chi connectivity index (χ2n) is 4.94. The number of benzene rings is 1. The van der Waals surface area contributed by atoms with Gasteiger partial charge in [-0.15, -0.1) is 0 Å². The van der Waals surface area contributed by atoms with Gasteiger partial charge in [-0.3, -0.25) is 4.79 Å². The lowest BCUT2D eigenvalue weighted by molar-refractivity contribution is -0.136. The molecule has 3 nitrogen and oxygen atoms in total. The van der Waals surface area contributed by atoms with Gasteiger partial charge in [0.25, 0.3) is 0 Å². The van der Waals surface area contributed by atoms with Crippen LogP contribution < -0.4 is 0 Å². The molecule has 4 heteroatoms. The third-order valence-electron chi connectivity index (χ3n) is 3.73. The highest BCUT2D eigenvalue weighted by molar-refractivity contribution is 5.83. The highest BCUT2D eigenvalue weighted by Gasteiger charge is 2.45. The minimum atomic E-state index is -0.226. The molecule has 0 aromatic heterocycles. The normalized spacial score (nSPS) is 27.1. The van der Waals surface area contributed by atoms with Crippen LogP contribution in [0.15, 0.2) is 24.3 Å². The SMILES string of the molecule is O=C(C1CC1c1ccc(F)cc1)N1CCOCC1. The highest BCUT2D eigenvalue weighted by atomic mass is 19.1. The lowest BCUT2D eigenvalue weighted by atomic mass is 10.1. The maximum absolute atomic E-state index is 12.8. The zero-order chi connectivity index (χ0) is 12.5. The minimum Gasteiger partial charge on any atom is -0.378 e. The Hall–Kier alpha value is -1.42. The maximum Gasteiger partial charge on any atom is 0.226 e. The second-order valence-corrected chi connectivity index (χ2v) is 4.94. The van der Waals surface area contributed by atoms with Crippen LogP contribution in [0.4, 0.5) is 4.39 Å². The van der Waals surface area contributed by atoms with E-state index in [4.69, 9.17) is 4.74 Å². The molecule has 3 rings (SSSR count). The number of amides is 1. The summed E-state index contributed by atoms with van der Waals surface area (Å²) >= 11 is 0. The van der Waals surface area contributed by atoms with Gasteiger partial charge in [-0.05, 0) is 30.0 Å². The standard InChI is InChI=1S/C14H16FNO2/c15-11-3-1-10(2-4-11)12-9-13(12)14(17)16-5-7-18-8-6-16/h1-4,12-13H,5-9H2. The Morgan fingerprint density at radius 2 is 1.89 bits per heavy atom. The van der Waals surface area contributed by atoms with E-state index in [2.05, 4.69) is 0 Å². The number of hydrogen-bond acceptors (Lipinski definition) is 2. The van der Waals surface area contributed by atoms with Crippen molar-refractivity contribution in [2.75, 3.05) is 26.3 Å². The Labute approximate surface area is 106 Å². The third kappa shape index (κ3) is 2.25. The number of carbonyl (C=O) groups is 1. The molecule has 1 saturated heterocycles. The van der Waals surface area contributed by atoms with Gasteiger partial charge in [0.1, 0.15) is 5.82 Å². The molecule has 2 aliphatic rings. The highest BCUT2D eigenvalue weighted by Crippen LogP contribution is 2.48. The van der Waals surface area contributed by atoms with Gasteiger partial charge in [-0.2, -0.15) is 0 Å². The van der Waals surface area contributed by atoms with Crippen molar-refractivity contribution < 1.29 is 13.9 Å². The average Bonchev–Trinajstić information content (AvgIpc) is 3.20. The van der Waals surface area contributed by atoms with Crippen LogP contribution in [-0.2, 0) is 9.53 Å². The number of halogens is 1. The zero-order valence-electron chi connectivity index (χ0n) is 10.1. The Morgan fingerprint density at radius 3 is 2.56 bits per heavy atom. The molecule has 1 aromatic carbocycles. The molecule has 2 fully saturated rings. The van der Waals surface area contributed by atoms with Crippen molar-refractivity contribution in [1.82, 2.24) is 4.90 Å². The van der Waals surface area contributed by atoms with E-state index in [1.807, 2.05) is 4.90 Å². The molecule has 1 saturated carbocycles. The summed E-state index contributed by atoms with van der Waals surface area (Å²) in [5.41, 5.74) is 1.07. The van der Waals surface area contributed by atoms with Crippen LogP contribution in [0.2, 0.25) is 0 Å². The van der Waals surface area contributed by atoms with E-state index < -0.39 is 0 Å². The topological polar surface area (TPSA) is 29.5 Å². The van der Waals surface area contributed by atoms with Crippen molar-refractivity contribution in [3.8, 4) is 0 Å². The molecular formula is C14H16FNO2. The zero-order valence-corrected chi connectivity index (χ0v) is 10.1. The Kier molecular flexibility index (Phi) is 3.04. The summed E-state index contributed by atoms with van der Waals surface area (Å²) in [6, 6.07) is 6.49. The number of hydrogen-bond donors (Lipinski definition) is 0. The van der Waals surface area contributed by atoms with Crippen molar-refractivity contribution in [2.24, 2.45) is 5.92 Å². The largest absolute Gasteiger partial charge is 0.378 e. The fourth-order valence-corrected chi connectivity index (χ4v) is 2.56. The summed E-state index contributed by atoms with van der Waals surface area (Å²) in [5.74, 6) is 0.373. The number of nitrogens with zero attached hydrogens (tertiary/aromatic N) is 1. The number of rotatable bonds is 2. The van der Waals surface area contributed by atoms with Gasteiger partial charge in [-0.25, -0.2) is 4.39 Å². The van der Waals surface area contributed by atoms with Crippen molar-refractivity contribution in [3.63, 3.8) is 0 Å². The Bertz CT molecular complexity index is 440. The molecule has 0 spiro atoms. The van der Waals surface area contributed by atoms with Gasteiger partial charge < -0.3 is 9.64 Å². The smallest absolute Gasteiger partial charge is 0.226 e. The first-order valence-electron chi connectivity index (χ1n) is 6.38. The van der Waals surface area contributed by atoms with Crippen LogP contribution >= 0.6 is 0 Å². The van der Waals surface area contributed by atoms with E-state index in [1.54, 1.807) is 12.1 Å². The fraction of sp³-hybridized carbons (Fsp3) is 0.500. The molecule has 0 radical (unpaired) electrons. The molecule has 0 N–H and O–H groups in total. The molecule has 18 heavy (non-hydrogen) atoms. The van der Waals surface area contributed by atoms with Crippen LogP contribution in [0, 0.1) is 11.7 Å². The summed E-state index contributed by atoms with van der Waals surface area (Å²) < 4.78 is 18.1. The van der Waals surface area contributed by atoms with Crippen molar-refractivity contribution in [1.29, 1.82) is 0 Å². The van der Waals surface area contributed by atoms with Gasteiger partial charge >= 0.3 is 0 Å². The number of morpholine rings is 1. The molecule has 2 atom stereocenters. The summed E-state index contributed by atoms with van der Waals surface area (Å²) in [6.07, 6.45) is 0.891. The predicted molar refractivity (Wildman–Crippen MR) is 64.6 cm³/mol. The molecular weight excluding hydrogens is 233 g/mol. The molecule has 2 unspecified atom stereocenters. The van der Waals surface area contributed by atoms with Gasteiger partial charge in [0.05, 0.1) is 13.2 Å². The van der Waals surface area contributed by atoms with Crippen molar-refractivity contribution in [2.45, 2.75) is 12.3 Å². The first kappa shape index (κ1) is 11.7. The van der Waals surface area contributed by atoms with E-state index in [9.17, 15) is 9.18 Å². The average molecular weight is 249 g/mol. The predicted octanol–water partition coefficient (Wildman–Crippen LogP) is 1.79. The first-order chi connectivity index (χ1) is 8.75. The first-order valence-corrected chi connectivity index (χ1v) is 6.38. The Morgan fingerprint density at radius 1 is 1.22 bits per heavy atom. The Balaban J connectivity index is 1.63. The molecule has 1 heterocycles. The van der Waals surface area contributed by atoms with E-state index in [0.717, 1.165) is 12.0 Å². The molecule has 1 aliphatic heterocycles. The van der Waals surface area contributed by atoms with Crippen LogP contribution in [0.5, 0.6) is 0 Å². The van der Waals surface area contributed by atoms with Crippen molar-refractivity contribution in [3.05, 3.63) is 35.6 Å². The summed E-state index contributed by atoms with van der Waals surface area (Å²) in [5, 5.41) is 0. The molecule has 96 valence electrons. The van der Waals surface area contributed by atoms with Crippen LogP contribution in [0.3, 0.4) is 0 Å². The molecule has 0 bridgehead atoms. The lowest BCUT2D eigenvalue weighted by Gasteiger charge is -2.27. The van der Waals surface area contributed by atoms with Gasteiger partial charge in [-0.1, -0.05) is 12.1 Å². The molecule has 1 aliphatic carbocycles. The maximum atomic E-state index is 12.8. The molecule has 1 amide bonds. The minimum absolute atomic E-state index is 0.0913. The quantitative estimate of drug-likeness (QED) is 0.799. The number of carbonyl (C=O) groups excluding carboxylic acids is 1. The monoisotopic (exact) mass is 249 g/mol. The van der Waals surface area contributed by atoms with Crippen LogP contribution in [0.25, 0.3) is 0 Å². The van der Waals surface area contributed by atoms with Gasteiger partial charge in [0.2, 0.25) is 5.91 Å². The lowest BCUT2D eigenvalue weighted by Crippen LogP contribution is -2.41. The van der Waals surface area contributed by atoms with Gasteiger partial charge in [0, 0.05) is 19.0 Å². The van der Waals surface area contributed by atoms with Gasteiger partial charge in [0.15, 0.2) is 0 Å². The number of ether oxygens (including phenoxy) is 1.